The minimum absolute atomic E-state index is 0.962. The Hall–Kier alpha value is -1.57. The summed E-state index contributed by atoms with van der Waals surface area (Å²) in [5.41, 5.74) is 6.90. The Bertz CT molecular complexity index is 566. The van der Waals surface area contributed by atoms with Gasteiger partial charge in [-0.05, 0) is 56.2 Å². The molecule has 2 aromatic rings. The zero-order chi connectivity index (χ0) is 12.5. The van der Waals surface area contributed by atoms with Crippen molar-refractivity contribution < 1.29 is 0 Å². The van der Waals surface area contributed by atoms with Gasteiger partial charge in [-0.3, -0.25) is 0 Å². The molecule has 1 aliphatic carbocycles. The summed E-state index contributed by atoms with van der Waals surface area (Å²) < 4.78 is 2.33. The molecular weight excluding hydrogens is 220 g/mol. The van der Waals surface area contributed by atoms with E-state index in [0.29, 0.717) is 0 Å². The summed E-state index contributed by atoms with van der Waals surface area (Å²) >= 11 is 0. The standard InChI is InChI=1S/C16H20N2/c1-12-7-8-14(9-13(12)2)10-18-11-17-15-5-3-4-6-16(15)18/h7-9,11H,3-6,10H2,1-2H3. The van der Waals surface area contributed by atoms with Crippen LogP contribution in [0.3, 0.4) is 0 Å². The second-order valence-corrected chi connectivity index (χ2v) is 5.39. The number of rotatable bonds is 2. The summed E-state index contributed by atoms with van der Waals surface area (Å²) in [6.07, 6.45) is 6.99. The Balaban J connectivity index is 1.88. The largest absolute Gasteiger partial charge is 0.330 e. The van der Waals surface area contributed by atoms with Crippen LogP contribution in [0.2, 0.25) is 0 Å². The van der Waals surface area contributed by atoms with Gasteiger partial charge in [0, 0.05) is 12.2 Å². The molecule has 94 valence electrons. The highest BCUT2D eigenvalue weighted by Gasteiger charge is 2.15. The van der Waals surface area contributed by atoms with Gasteiger partial charge in [0.2, 0.25) is 0 Å². The monoisotopic (exact) mass is 240 g/mol. The maximum Gasteiger partial charge on any atom is 0.0954 e. The molecule has 1 aromatic heterocycles. The SMILES string of the molecule is Cc1ccc(Cn2cnc3c2CCCC3)cc1C. The summed E-state index contributed by atoms with van der Waals surface area (Å²) in [6, 6.07) is 6.75. The average Bonchev–Trinajstić information content (AvgIpc) is 2.78. The van der Waals surface area contributed by atoms with Gasteiger partial charge in [-0.15, -0.1) is 0 Å². The van der Waals surface area contributed by atoms with Gasteiger partial charge >= 0.3 is 0 Å². The number of aromatic nitrogens is 2. The molecule has 0 saturated heterocycles. The van der Waals surface area contributed by atoms with Gasteiger partial charge in [0.15, 0.2) is 0 Å². The molecule has 0 radical (unpaired) electrons. The molecule has 0 aliphatic heterocycles. The lowest BCUT2D eigenvalue weighted by Crippen LogP contribution is -2.09. The van der Waals surface area contributed by atoms with Crippen LogP contribution in [0.5, 0.6) is 0 Å². The third-order valence-corrected chi connectivity index (χ3v) is 4.03. The first-order valence-corrected chi connectivity index (χ1v) is 6.83. The van der Waals surface area contributed by atoms with Crippen LogP contribution in [0.4, 0.5) is 0 Å². The highest BCUT2D eigenvalue weighted by Crippen LogP contribution is 2.21. The zero-order valence-corrected chi connectivity index (χ0v) is 11.2. The lowest BCUT2D eigenvalue weighted by atomic mass is 10.0. The number of nitrogens with zero attached hydrogens (tertiary/aromatic N) is 2. The maximum absolute atomic E-state index is 4.56. The summed E-state index contributed by atoms with van der Waals surface area (Å²) in [6.45, 7) is 5.31. The van der Waals surface area contributed by atoms with Crippen LogP contribution in [-0.4, -0.2) is 9.55 Å². The number of hydrogen-bond donors (Lipinski definition) is 0. The van der Waals surface area contributed by atoms with Crippen molar-refractivity contribution in [2.24, 2.45) is 0 Å². The van der Waals surface area contributed by atoms with Crippen LogP contribution in [0.15, 0.2) is 24.5 Å². The molecule has 0 N–H and O–H groups in total. The van der Waals surface area contributed by atoms with Gasteiger partial charge in [-0.1, -0.05) is 18.2 Å². The normalized spacial score (nSPS) is 14.6. The quantitative estimate of drug-likeness (QED) is 0.786. The Labute approximate surface area is 109 Å². The van der Waals surface area contributed by atoms with Gasteiger partial charge < -0.3 is 4.57 Å². The van der Waals surface area contributed by atoms with Gasteiger partial charge in [0.25, 0.3) is 0 Å². The lowest BCUT2D eigenvalue weighted by molar-refractivity contribution is 0.628. The van der Waals surface area contributed by atoms with Crippen molar-refractivity contribution in [3.63, 3.8) is 0 Å². The lowest BCUT2D eigenvalue weighted by Gasteiger charge is -2.14. The smallest absolute Gasteiger partial charge is 0.0954 e. The van der Waals surface area contributed by atoms with Crippen molar-refractivity contribution in [3.05, 3.63) is 52.6 Å². The Morgan fingerprint density at radius 2 is 1.94 bits per heavy atom. The molecule has 1 aliphatic rings. The van der Waals surface area contributed by atoms with E-state index in [9.17, 15) is 0 Å². The van der Waals surface area contributed by atoms with Crippen LogP contribution in [0.1, 0.15) is 40.9 Å². The second-order valence-electron chi connectivity index (χ2n) is 5.39. The molecule has 3 rings (SSSR count). The van der Waals surface area contributed by atoms with Crippen LogP contribution >= 0.6 is 0 Å². The third-order valence-electron chi connectivity index (χ3n) is 4.03. The third kappa shape index (κ3) is 2.07. The number of aryl methyl sites for hydroxylation is 3. The van der Waals surface area contributed by atoms with Crippen LogP contribution in [-0.2, 0) is 19.4 Å². The molecule has 0 fully saturated rings. The van der Waals surface area contributed by atoms with E-state index < -0.39 is 0 Å². The summed E-state index contributed by atoms with van der Waals surface area (Å²) in [5.74, 6) is 0. The molecule has 0 bridgehead atoms. The van der Waals surface area contributed by atoms with Crippen molar-refractivity contribution >= 4 is 0 Å². The molecule has 0 spiro atoms. The van der Waals surface area contributed by atoms with Crippen molar-refractivity contribution in [2.75, 3.05) is 0 Å². The van der Waals surface area contributed by atoms with Gasteiger partial charge in [-0.2, -0.15) is 0 Å². The number of imidazole rings is 1. The molecule has 1 aromatic carbocycles. The molecular formula is C16H20N2. The summed E-state index contributed by atoms with van der Waals surface area (Å²) in [4.78, 5) is 4.56. The highest BCUT2D eigenvalue weighted by atomic mass is 15.1. The fourth-order valence-corrected chi connectivity index (χ4v) is 2.77. The average molecular weight is 240 g/mol. The Morgan fingerprint density at radius 1 is 1.11 bits per heavy atom. The molecule has 2 heteroatoms. The molecule has 18 heavy (non-hydrogen) atoms. The van der Waals surface area contributed by atoms with E-state index in [0.717, 1.165) is 13.0 Å². The first kappa shape index (κ1) is 11.5. The predicted octanol–water partition coefficient (Wildman–Crippen LogP) is 3.43. The van der Waals surface area contributed by atoms with Gasteiger partial charge in [-0.25, -0.2) is 4.98 Å². The van der Waals surface area contributed by atoms with E-state index >= 15 is 0 Å². The van der Waals surface area contributed by atoms with Crippen LogP contribution in [0, 0.1) is 13.8 Å². The summed E-state index contributed by atoms with van der Waals surface area (Å²) in [5, 5.41) is 0. The second kappa shape index (κ2) is 4.60. The zero-order valence-electron chi connectivity index (χ0n) is 11.2. The summed E-state index contributed by atoms with van der Waals surface area (Å²) in [7, 11) is 0. The number of fused-ring (bicyclic) bond motifs is 1. The minimum Gasteiger partial charge on any atom is -0.330 e. The van der Waals surface area contributed by atoms with E-state index in [1.807, 2.05) is 6.33 Å². The van der Waals surface area contributed by atoms with Crippen molar-refractivity contribution in [2.45, 2.75) is 46.1 Å². The molecule has 0 saturated carbocycles. The van der Waals surface area contributed by atoms with Gasteiger partial charge in [0.05, 0.1) is 12.0 Å². The van der Waals surface area contributed by atoms with Gasteiger partial charge in [0.1, 0.15) is 0 Å². The predicted molar refractivity (Wildman–Crippen MR) is 73.9 cm³/mol. The van der Waals surface area contributed by atoms with Crippen molar-refractivity contribution in [1.29, 1.82) is 0 Å². The number of benzene rings is 1. The minimum atomic E-state index is 0.962. The first-order valence-electron chi connectivity index (χ1n) is 6.83. The topological polar surface area (TPSA) is 17.8 Å². The van der Waals surface area contributed by atoms with E-state index in [-0.39, 0.29) is 0 Å². The van der Waals surface area contributed by atoms with Crippen LogP contribution in [0.25, 0.3) is 0 Å². The van der Waals surface area contributed by atoms with Crippen molar-refractivity contribution in [1.82, 2.24) is 9.55 Å². The molecule has 0 amide bonds. The Morgan fingerprint density at radius 3 is 2.78 bits per heavy atom. The van der Waals surface area contributed by atoms with Crippen LogP contribution < -0.4 is 0 Å². The molecule has 1 heterocycles. The fraction of sp³-hybridized carbons (Fsp3) is 0.438. The molecule has 0 unspecified atom stereocenters. The highest BCUT2D eigenvalue weighted by molar-refractivity contribution is 5.30. The maximum atomic E-state index is 4.56. The molecule has 2 nitrogen and oxygen atoms in total. The first-order chi connectivity index (χ1) is 8.74. The van der Waals surface area contributed by atoms with E-state index in [1.165, 1.54) is 47.3 Å². The molecule has 0 atom stereocenters. The fourth-order valence-electron chi connectivity index (χ4n) is 2.77. The number of hydrogen-bond acceptors (Lipinski definition) is 1. The van der Waals surface area contributed by atoms with E-state index in [1.54, 1.807) is 0 Å². The van der Waals surface area contributed by atoms with E-state index in [4.69, 9.17) is 0 Å². The van der Waals surface area contributed by atoms with Crippen molar-refractivity contribution in [3.8, 4) is 0 Å². The van der Waals surface area contributed by atoms with E-state index in [2.05, 4.69) is 41.6 Å². The Kier molecular flexibility index (Phi) is 2.94.